The van der Waals surface area contributed by atoms with E-state index in [4.69, 9.17) is 5.10 Å². The predicted molar refractivity (Wildman–Crippen MR) is 141 cm³/mol. The monoisotopic (exact) mass is 492 g/mol. The maximum atomic E-state index is 13.9. The van der Waals surface area contributed by atoms with Crippen LogP contribution in [0.15, 0.2) is 40.3 Å². The van der Waals surface area contributed by atoms with Gasteiger partial charge in [-0.05, 0) is 50.9 Å². The molecule has 10 heteroatoms. The molecule has 184 valence electrons. The summed E-state index contributed by atoms with van der Waals surface area (Å²) in [5, 5.41) is 12.0. The molecule has 0 bridgehead atoms. The zero-order valence-corrected chi connectivity index (χ0v) is 21.6. The molecule has 3 aromatic heterocycles. The van der Waals surface area contributed by atoms with Crippen LogP contribution >= 0.6 is 11.9 Å². The maximum absolute atomic E-state index is 13.9. The normalized spacial score (nSPS) is 18.1. The minimum Gasteiger partial charge on any atom is -0.352 e. The van der Waals surface area contributed by atoms with Crippen LogP contribution in [0.1, 0.15) is 25.3 Å². The number of nitrogens with one attached hydrogen (secondary N) is 1. The number of rotatable bonds is 6. The smallest absolute Gasteiger partial charge is 0.260 e. The number of aryl methyl sites for hydroxylation is 2. The maximum Gasteiger partial charge on any atom is 0.260 e. The summed E-state index contributed by atoms with van der Waals surface area (Å²) in [4.78, 5) is 19.7. The second-order valence-corrected chi connectivity index (χ2v) is 11.2. The van der Waals surface area contributed by atoms with Gasteiger partial charge in [-0.1, -0.05) is 6.07 Å². The van der Waals surface area contributed by atoms with Crippen molar-refractivity contribution in [3.63, 3.8) is 0 Å². The number of nitrogens with zero attached hydrogens (tertiary/aromatic N) is 7. The first-order chi connectivity index (χ1) is 16.8. The molecule has 1 aromatic carbocycles. The average Bonchev–Trinajstić information content (AvgIpc) is 3.28. The van der Waals surface area contributed by atoms with Crippen LogP contribution in [-0.2, 0) is 20.6 Å². The second-order valence-electron chi connectivity index (χ2n) is 10.3. The lowest BCUT2D eigenvalue weighted by Gasteiger charge is -2.32. The van der Waals surface area contributed by atoms with Gasteiger partial charge in [0.2, 0.25) is 0 Å². The average molecular weight is 493 g/mol. The van der Waals surface area contributed by atoms with E-state index in [2.05, 4.69) is 45.7 Å². The fraction of sp³-hybridized carbons (Fsp3) is 0.480. The summed E-state index contributed by atoms with van der Waals surface area (Å²) in [5.41, 5.74) is 2.06. The van der Waals surface area contributed by atoms with E-state index in [1.54, 1.807) is 16.6 Å². The van der Waals surface area contributed by atoms with E-state index in [1.807, 2.05) is 41.8 Å². The van der Waals surface area contributed by atoms with Crippen molar-refractivity contribution in [2.75, 3.05) is 38.1 Å². The molecule has 4 heterocycles. The van der Waals surface area contributed by atoms with Gasteiger partial charge in [-0.2, -0.15) is 10.2 Å². The second kappa shape index (κ2) is 8.39. The van der Waals surface area contributed by atoms with Crippen LogP contribution in [0.25, 0.3) is 21.8 Å². The van der Waals surface area contributed by atoms with E-state index in [9.17, 15) is 4.79 Å². The molecule has 0 radical (unpaired) electrons. The fourth-order valence-corrected chi connectivity index (χ4v) is 5.75. The third-order valence-corrected chi connectivity index (χ3v) is 8.39. The minimum absolute atomic E-state index is 0.00404. The predicted octanol–water partition coefficient (Wildman–Crippen LogP) is 2.57. The Hall–Kier alpha value is -2.82. The molecule has 0 unspecified atom stereocenters. The van der Waals surface area contributed by atoms with Crippen molar-refractivity contribution in [1.29, 1.82) is 0 Å². The van der Waals surface area contributed by atoms with Crippen molar-refractivity contribution in [3.8, 4) is 0 Å². The number of benzene rings is 1. The van der Waals surface area contributed by atoms with Gasteiger partial charge in [0, 0.05) is 73.2 Å². The van der Waals surface area contributed by atoms with E-state index in [0.717, 1.165) is 64.3 Å². The zero-order chi connectivity index (χ0) is 24.3. The summed E-state index contributed by atoms with van der Waals surface area (Å²) in [6.45, 7) is 6.52. The van der Waals surface area contributed by atoms with Gasteiger partial charge < -0.3 is 9.80 Å². The molecular formula is C25H32N8OS. The van der Waals surface area contributed by atoms with Crippen LogP contribution in [0.3, 0.4) is 0 Å². The van der Waals surface area contributed by atoms with Gasteiger partial charge in [-0.15, -0.1) is 0 Å². The molecular weight excluding hydrogens is 460 g/mol. The number of hydrogen-bond acceptors (Lipinski definition) is 7. The lowest BCUT2D eigenvalue weighted by Crippen LogP contribution is -2.44. The van der Waals surface area contributed by atoms with Gasteiger partial charge in [-0.25, -0.2) is 4.68 Å². The largest absolute Gasteiger partial charge is 0.352 e. The molecule has 6 rings (SSSR count). The number of piperazine rings is 1. The minimum atomic E-state index is 0.00404. The molecule has 9 nitrogen and oxygen atoms in total. The summed E-state index contributed by atoms with van der Waals surface area (Å²) < 4.78 is 9.08. The third-order valence-electron chi connectivity index (χ3n) is 7.31. The molecule has 2 fully saturated rings. The van der Waals surface area contributed by atoms with Gasteiger partial charge in [-0.3, -0.25) is 18.8 Å². The Morgan fingerprint density at radius 2 is 1.86 bits per heavy atom. The van der Waals surface area contributed by atoms with E-state index in [0.29, 0.717) is 6.54 Å². The summed E-state index contributed by atoms with van der Waals surface area (Å²) >= 11 is 1.62. The van der Waals surface area contributed by atoms with Crippen LogP contribution < -0.4 is 15.2 Å². The number of anilines is 1. The van der Waals surface area contributed by atoms with Gasteiger partial charge >= 0.3 is 0 Å². The van der Waals surface area contributed by atoms with Crippen molar-refractivity contribution in [2.45, 2.75) is 36.7 Å². The summed E-state index contributed by atoms with van der Waals surface area (Å²) in [6, 6.07) is 6.27. The van der Waals surface area contributed by atoms with Gasteiger partial charge in [0.25, 0.3) is 5.56 Å². The highest BCUT2D eigenvalue weighted by atomic mass is 32.2. The summed E-state index contributed by atoms with van der Waals surface area (Å²) in [7, 11) is 6.00. The lowest BCUT2D eigenvalue weighted by atomic mass is 10.1. The van der Waals surface area contributed by atoms with Crippen molar-refractivity contribution in [3.05, 3.63) is 46.5 Å². The molecule has 1 saturated carbocycles. The fourth-order valence-electron chi connectivity index (χ4n) is 4.87. The van der Waals surface area contributed by atoms with Crippen LogP contribution in [0.2, 0.25) is 0 Å². The molecule has 1 saturated heterocycles. The molecule has 1 aliphatic heterocycles. The Kier molecular flexibility index (Phi) is 5.43. The van der Waals surface area contributed by atoms with E-state index in [1.165, 1.54) is 12.8 Å². The number of fused-ring (bicyclic) bond motifs is 3. The molecule has 2 aliphatic rings. The Morgan fingerprint density at radius 3 is 2.54 bits per heavy atom. The Bertz CT molecular complexity index is 1470. The van der Waals surface area contributed by atoms with Crippen molar-refractivity contribution in [2.24, 2.45) is 14.1 Å². The Labute approximate surface area is 208 Å². The van der Waals surface area contributed by atoms with E-state index >= 15 is 0 Å². The highest BCUT2D eigenvalue weighted by Crippen LogP contribution is 2.38. The Morgan fingerprint density at radius 1 is 1.09 bits per heavy atom. The first-order valence-electron chi connectivity index (χ1n) is 12.2. The zero-order valence-electron chi connectivity index (χ0n) is 20.8. The number of hydrogen-bond donors (Lipinski definition) is 1. The topological polar surface area (TPSA) is 76.2 Å². The molecule has 0 amide bonds. The number of pyridine rings is 1. The first kappa shape index (κ1) is 22.6. The number of aromatic nitrogens is 5. The van der Waals surface area contributed by atoms with E-state index < -0.39 is 0 Å². The molecule has 0 spiro atoms. The SMILES string of the molecule is CN1CCN(c2nn(C)c3c2c2ccc(SNC4(C)CC4)cc2c(=O)n3Cc2cnn(C)c2)CC1. The highest BCUT2D eigenvalue weighted by molar-refractivity contribution is 7.97. The highest BCUT2D eigenvalue weighted by Gasteiger charge is 2.37. The van der Waals surface area contributed by atoms with Crippen LogP contribution in [-0.4, -0.2) is 67.8 Å². The summed E-state index contributed by atoms with van der Waals surface area (Å²) in [6.07, 6.45) is 6.17. The van der Waals surface area contributed by atoms with Crippen molar-refractivity contribution < 1.29 is 0 Å². The van der Waals surface area contributed by atoms with Crippen molar-refractivity contribution in [1.82, 2.24) is 33.8 Å². The van der Waals surface area contributed by atoms with Gasteiger partial charge in [0.05, 0.1) is 18.1 Å². The molecule has 1 N–H and O–H groups in total. The van der Waals surface area contributed by atoms with E-state index in [-0.39, 0.29) is 11.1 Å². The number of likely N-dealkylation sites (N-methyl/N-ethyl adjacent to an activating group) is 1. The quantitative estimate of drug-likeness (QED) is 0.415. The van der Waals surface area contributed by atoms with Gasteiger partial charge in [0.1, 0.15) is 5.65 Å². The standard InChI is InChI=1S/C25H32N8OS/c1-25(7-8-25)28-35-18-5-6-19-20(13-18)24(34)33(16-17-14-26-30(3)15-17)23-21(19)22(27-31(23)4)32-11-9-29(2)10-12-32/h5-6,13-15,28H,7-12,16H2,1-4H3. The molecule has 4 aromatic rings. The third kappa shape index (κ3) is 4.13. The van der Waals surface area contributed by atoms with Crippen LogP contribution in [0.5, 0.6) is 0 Å². The van der Waals surface area contributed by atoms with Crippen LogP contribution in [0.4, 0.5) is 5.82 Å². The first-order valence-corrected chi connectivity index (χ1v) is 13.0. The summed E-state index contributed by atoms with van der Waals surface area (Å²) in [5.74, 6) is 0.963. The van der Waals surface area contributed by atoms with Crippen LogP contribution in [0, 0.1) is 0 Å². The lowest BCUT2D eigenvalue weighted by molar-refractivity contribution is 0.312. The molecule has 0 atom stereocenters. The van der Waals surface area contributed by atoms with Gasteiger partial charge in [0.15, 0.2) is 5.82 Å². The molecule has 1 aliphatic carbocycles. The Balaban J connectivity index is 1.54. The molecule has 35 heavy (non-hydrogen) atoms. The van der Waals surface area contributed by atoms with Crippen molar-refractivity contribution >= 4 is 39.6 Å².